The van der Waals surface area contributed by atoms with Crippen molar-refractivity contribution in [1.82, 2.24) is 0 Å². The third kappa shape index (κ3) is 2.53. The highest BCUT2D eigenvalue weighted by Gasteiger charge is 2.51. The van der Waals surface area contributed by atoms with Crippen LogP contribution < -0.4 is 9.64 Å². The number of rotatable bonds is 5. The van der Waals surface area contributed by atoms with Gasteiger partial charge in [-0.05, 0) is 43.9 Å². The summed E-state index contributed by atoms with van der Waals surface area (Å²) >= 11 is 0. The molecule has 1 N–H and O–H groups in total. The molecular weight excluding hydrogens is 242 g/mol. The summed E-state index contributed by atoms with van der Waals surface area (Å²) in [5.41, 5.74) is 2.63. The molecular formula is C15H21NO3. The van der Waals surface area contributed by atoms with E-state index in [0.29, 0.717) is 6.54 Å². The first-order valence-corrected chi connectivity index (χ1v) is 6.49. The normalized spacial score (nSPS) is 16.0. The molecule has 0 heterocycles. The van der Waals surface area contributed by atoms with Gasteiger partial charge in [0.1, 0.15) is 5.75 Å². The fourth-order valence-electron chi connectivity index (χ4n) is 2.61. The predicted molar refractivity (Wildman–Crippen MR) is 75.0 cm³/mol. The number of nitrogens with zero attached hydrogens (tertiary/aromatic N) is 1. The molecule has 0 radical (unpaired) electrons. The first-order chi connectivity index (χ1) is 8.89. The summed E-state index contributed by atoms with van der Waals surface area (Å²) in [6.45, 7) is 4.57. The van der Waals surface area contributed by atoms with Crippen LogP contribution >= 0.6 is 0 Å². The van der Waals surface area contributed by atoms with Crippen molar-refractivity contribution in [3.8, 4) is 5.75 Å². The Morgan fingerprint density at radius 1 is 1.42 bits per heavy atom. The average molecular weight is 263 g/mol. The lowest BCUT2D eigenvalue weighted by Crippen LogP contribution is -2.32. The van der Waals surface area contributed by atoms with Crippen molar-refractivity contribution in [3.05, 3.63) is 23.3 Å². The number of aliphatic carboxylic acids is 1. The fraction of sp³-hybridized carbons (Fsp3) is 0.533. The standard InChI is InChI=1S/C15H21NO3/c1-10-7-11(2)13(19-4)12(8-10)16(3)9-15(5-6-15)14(17)18/h7-8H,5-6,9H2,1-4H3,(H,17,18). The number of carboxylic acids is 1. The van der Waals surface area contributed by atoms with Crippen LogP contribution in [0.2, 0.25) is 0 Å². The summed E-state index contributed by atoms with van der Waals surface area (Å²) in [6.07, 6.45) is 1.53. The summed E-state index contributed by atoms with van der Waals surface area (Å²) in [7, 11) is 3.58. The van der Waals surface area contributed by atoms with Crippen LogP contribution in [-0.4, -0.2) is 31.8 Å². The zero-order valence-electron chi connectivity index (χ0n) is 12.0. The number of anilines is 1. The lowest BCUT2D eigenvalue weighted by atomic mass is 10.1. The molecule has 0 aromatic heterocycles. The molecule has 0 atom stereocenters. The molecule has 104 valence electrons. The summed E-state index contributed by atoms with van der Waals surface area (Å²) in [5, 5.41) is 9.28. The fourth-order valence-corrected chi connectivity index (χ4v) is 2.61. The maximum absolute atomic E-state index is 11.3. The molecule has 1 fully saturated rings. The van der Waals surface area contributed by atoms with E-state index in [2.05, 4.69) is 6.07 Å². The van der Waals surface area contributed by atoms with Gasteiger partial charge in [-0.25, -0.2) is 0 Å². The Bertz CT molecular complexity index is 506. The van der Waals surface area contributed by atoms with Crippen molar-refractivity contribution in [3.63, 3.8) is 0 Å². The highest BCUT2D eigenvalue weighted by atomic mass is 16.5. The van der Waals surface area contributed by atoms with E-state index in [0.717, 1.165) is 35.4 Å². The van der Waals surface area contributed by atoms with E-state index >= 15 is 0 Å². The molecule has 2 rings (SSSR count). The number of ether oxygens (including phenoxy) is 1. The van der Waals surface area contributed by atoms with Gasteiger partial charge in [-0.1, -0.05) is 6.07 Å². The largest absolute Gasteiger partial charge is 0.494 e. The number of methoxy groups -OCH3 is 1. The molecule has 0 spiro atoms. The van der Waals surface area contributed by atoms with Gasteiger partial charge < -0.3 is 14.7 Å². The topological polar surface area (TPSA) is 49.8 Å². The van der Waals surface area contributed by atoms with Gasteiger partial charge >= 0.3 is 5.97 Å². The number of aryl methyl sites for hydroxylation is 2. The monoisotopic (exact) mass is 263 g/mol. The molecule has 0 amide bonds. The van der Waals surface area contributed by atoms with Crippen molar-refractivity contribution >= 4 is 11.7 Å². The Balaban J connectivity index is 2.28. The van der Waals surface area contributed by atoms with Gasteiger partial charge in [-0.3, -0.25) is 4.79 Å². The Morgan fingerprint density at radius 2 is 2.05 bits per heavy atom. The number of hydrogen-bond acceptors (Lipinski definition) is 3. The van der Waals surface area contributed by atoms with Crippen LogP contribution in [0.15, 0.2) is 12.1 Å². The molecule has 1 aromatic carbocycles. The van der Waals surface area contributed by atoms with E-state index < -0.39 is 11.4 Å². The third-order valence-corrected chi connectivity index (χ3v) is 3.86. The molecule has 4 nitrogen and oxygen atoms in total. The molecule has 1 aliphatic rings. The number of carboxylic acid groups (broad SMARTS) is 1. The molecule has 0 saturated heterocycles. The lowest BCUT2D eigenvalue weighted by Gasteiger charge is -2.26. The molecule has 1 saturated carbocycles. The smallest absolute Gasteiger partial charge is 0.311 e. The van der Waals surface area contributed by atoms with Crippen LogP contribution in [0.25, 0.3) is 0 Å². The third-order valence-electron chi connectivity index (χ3n) is 3.86. The predicted octanol–water partition coefficient (Wildman–Crippen LogP) is 2.61. The van der Waals surface area contributed by atoms with E-state index in [4.69, 9.17) is 4.74 Å². The first-order valence-electron chi connectivity index (χ1n) is 6.49. The summed E-state index contributed by atoms with van der Waals surface area (Å²) in [6, 6.07) is 4.12. The van der Waals surface area contributed by atoms with E-state index in [9.17, 15) is 9.90 Å². The van der Waals surface area contributed by atoms with Gasteiger partial charge in [0, 0.05) is 13.6 Å². The minimum atomic E-state index is -0.692. The number of benzene rings is 1. The van der Waals surface area contributed by atoms with Gasteiger partial charge in [0.05, 0.1) is 18.2 Å². The zero-order valence-corrected chi connectivity index (χ0v) is 12.0. The van der Waals surface area contributed by atoms with Crippen molar-refractivity contribution in [2.24, 2.45) is 5.41 Å². The number of hydrogen-bond donors (Lipinski definition) is 1. The van der Waals surface area contributed by atoms with Crippen molar-refractivity contribution < 1.29 is 14.6 Å². The summed E-state index contributed by atoms with van der Waals surface area (Å²) < 4.78 is 5.46. The maximum atomic E-state index is 11.3. The molecule has 0 bridgehead atoms. The minimum absolute atomic E-state index is 0.529. The van der Waals surface area contributed by atoms with Crippen LogP contribution in [-0.2, 0) is 4.79 Å². The highest BCUT2D eigenvalue weighted by molar-refractivity contribution is 5.79. The van der Waals surface area contributed by atoms with Crippen molar-refractivity contribution in [2.75, 3.05) is 25.6 Å². The second kappa shape index (κ2) is 4.76. The van der Waals surface area contributed by atoms with Crippen molar-refractivity contribution in [2.45, 2.75) is 26.7 Å². The molecule has 1 aliphatic carbocycles. The minimum Gasteiger partial charge on any atom is -0.494 e. The summed E-state index contributed by atoms with van der Waals surface area (Å²) in [4.78, 5) is 13.3. The number of carbonyl (C=O) groups is 1. The Kier molecular flexibility index (Phi) is 3.43. The van der Waals surface area contributed by atoms with E-state index in [1.165, 1.54) is 0 Å². The van der Waals surface area contributed by atoms with Crippen LogP contribution in [0.3, 0.4) is 0 Å². The second-order valence-corrected chi connectivity index (χ2v) is 5.58. The Morgan fingerprint density at radius 3 is 2.53 bits per heavy atom. The molecule has 0 aliphatic heterocycles. The molecule has 19 heavy (non-hydrogen) atoms. The van der Waals surface area contributed by atoms with Gasteiger partial charge in [0.2, 0.25) is 0 Å². The maximum Gasteiger partial charge on any atom is 0.311 e. The van der Waals surface area contributed by atoms with Crippen LogP contribution in [0.1, 0.15) is 24.0 Å². The lowest BCUT2D eigenvalue weighted by molar-refractivity contribution is -0.142. The van der Waals surface area contributed by atoms with E-state index in [-0.39, 0.29) is 0 Å². The van der Waals surface area contributed by atoms with Gasteiger partial charge in [0.15, 0.2) is 0 Å². The second-order valence-electron chi connectivity index (χ2n) is 5.58. The van der Waals surface area contributed by atoms with Crippen LogP contribution in [0.5, 0.6) is 5.75 Å². The molecule has 1 aromatic rings. The Hall–Kier alpha value is -1.71. The van der Waals surface area contributed by atoms with Crippen LogP contribution in [0.4, 0.5) is 5.69 Å². The summed E-state index contributed by atoms with van der Waals surface area (Å²) in [5.74, 6) is 0.136. The SMILES string of the molecule is COc1c(C)cc(C)cc1N(C)CC1(C(=O)O)CC1. The molecule has 0 unspecified atom stereocenters. The average Bonchev–Trinajstić information content (AvgIpc) is 3.09. The van der Waals surface area contributed by atoms with Gasteiger partial charge in [-0.2, -0.15) is 0 Å². The molecule has 4 heteroatoms. The van der Waals surface area contributed by atoms with E-state index in [1.54, 1.807) is 7.11 Å². The van der Waals surface area contributed by atoms with Gasteiger partial charge in [0.25, 0.3) is 0 Å². The van der Waals surface area contributed by atoms with Crippen molar-refractivity contribution in [1.29, 1.82) is 0 Å². The van der Waals surface area contributed by atoms with E-state index in [1.807, 2.05) is 31.9 Å². The first kappa shape index (κ1) is 13.7. The Labute approximate surface area is 114 Å². The van der Waals surface area contributed by atoms with Crippen LogP contribution in [0, 0.1) is 19.3 Å². The van der Waals surface area contributed by atoms with Gasteiger partial charge in [-0.15, -0.1) is 0 Å². The quantitative estimate of drug-likeness (QED) is 0.887. The zero-order chi connectivity index (χ0) is 14.2. The highest BCUT2D eigenvalue weighted by Crippen LogP contribution is 2.47.